The lowest BCUT2D eigenvalue weighted by molar-refractivity contribution is 0.108. The summed E-state index contributed by atoms with van der Waals surface area (Å²) in [6, 6.07) is 19.9. The molecular weight excluding hydrogens is 280 g/mol. The topological polar surface area (TPSA) is 17.1 Å². The van der Waals surface area contributed by atoms with E-state index >= 15 is 0 Å². The number of thioether (sulfide) groups is 1. The minimum Gasteiger partial charge on any atom is -0.282 e. The van der Waals surface area contributed by atoms with Crippen LogP contribution in [0.1, 0.15) is 20.8 Å². The van der Waals surface area contributed by atoms with Crippen LogP contribution in [0.25, 0.3) is 0 Å². The van der Waals surface area contributed by atoms with E-state index in [0.29, 0.717) is 0 Å². The van der Waals surface area contributed by atoms with Gasteiger partial charge in [-0.25, -0.2) is 0 Å². The lowest BCUT2D eigenvalue weighted by atomic mass is 10.2. The smallest absolute Gasteiger partial charge is 0.219 e. The monoisotopic (exact) mass is 300 g/mol. The van der Waals surface area contributed by atoms with E-state index < -0.39 is 8.07 Å². The van der Waals surface area contributed by atoms with Crippen LogP contribution in [0.5, 0.6) is 0 Å². The molecule has 2 rings (SSSR count). The zero-order chi connectivity index (χ0) is 14.6. The van der Waals surface area contributed by atoms with Crippen LogP contribution in [0.3, 0.4) is 0 Å². The van der Waals surface area contributed by atoms with Crippen LogP contribution >= 0.6 is 11.8 Å². The molecule has 0 radical (unpaired) electrons. The zero-order valence-corrected chi connectivity index (χ0v) is 14.0. The quantitative estimate of drug-likeness (QED) is 0.724. The first-order valence-corrected chi connectivity index (χ1v) is 11.2. The molecule has 0 bridgehead atoms. The molecule has 0 aliphatic heterocycles. The van der Waals surface area contributed by atoms with Crippen LogP contribution in [-0.4, -0.2) is 13.2 Å². The molecule has 2 aromatic rings. The van der Waals surface area contributed by atoms with Crippen molar-refractivity contribution >= 4 is 25.0 Å². The summed E-state index contributed by atoms with van der Waals surface area (Å²) in [7, 11) is -1.48. The standard InChI is InChI=1S/C17H20OSSi/c1-20(2,3)17(15-12-8-5-9-13-15)19-16(18)14-10-6-4-7-11-14/h4-13,17H,1-3H3. The van der Waals surface area contributed by atoms with Crippen LogP contribution < -0.4 is 0 Å². The fraction of sp³-hybridized carbons (Fsp3) is 0.235. The predicted octanol–water partition coefficient (Wildman–Crippen LogP) is 5.18. The Morgan fingerprint density at radius 3 is 1.90 bits per heavy atom. The Labute approximate surface area is 126 Å². The third-order valence-electron chi connectivity index (χ3n) is 3.12. The van der Waals surface area contributed by atoms with Gasteiger partial charge in [-0.2, -0.15) is 0 Å². The van der Waals surface area contributed by atoms with Crippen molar-refractivity contribution in [1.82, 2.24) is 0 Å². The Hall–Kier alpha value is -1.32. The van der Waals surface area contributed by atoms with Gasteiger partial charge in [0.25, 0.3) is 0 Å². The van der Waals surface area contributed by atoms with Gasteiger partial charge in [-0.1, -0.05) is 92.1 Å². The van der Waals surface area contributed by atoms with E-state index in [9.17, 15) is 4.79 Å². The molecule has 20 heavy (non-hydrogen) atoms. The SMILES string of the molecule is C[Si](C)(C)C(SC(=O)c1ccccc1)c1ccccc1. The summed E-state index contributed by atoms with van der Waals surface area (Å²) in [4.78, 5) is 12.7. The number of carbonyl (C=O) groups is 1. The highest BCUT2D eigenvalue weighted by Crippen LogP contribution is 2.39. The zero-order valence-electron chi connectivity index (χ0n) is 12.2. The second-order valence-electron chi connectivity index (χ2n) is 5.93. The fourth-order valence-corrected chi connectivity index (χ4v) is 5.83. The average Bonchev–Trinajstić information content (AvgIpc) is 2.45. The number of hydrogen-bond donors (Lipinski definition) is 0. The molecule has 0 spiro atoms. The maximum Gasteiger partial charge on any atom is 0.219 e. The van der Waals surface area contributed by atoms with E-state index in [2.05, 4.69) is 43.9 Å². The van der Waals surface area contributed by atoms with E-state index in [4.69, 9.17) is 0 Å². The summed E-state index contributed by atoms with van der Waals surface area (Å²) >= 11 is 1.48. The average molecular weight is 300 g/mol. The summed E-state index contributed by atoms with van der Waals surface area (Å²) < 4.78 is 0. The van der Waals surface area contributed by atoms with Gasteiger partial charge in [0.15, 0.2) is 0 Å². The Kier molecular flexibility index (Phi) is 4.84. The van der Waals surface area contributed by atoms with Gasteiger partial charge in [0.05, 0.1) is 8.07 Å². The lowest BCUT2D eigenvalue weighted by Crippen LogP contribution is -2.29. The normalized spacial score (nSPS) is 12.9. The highest BCUT2D eigenvalue weighted by molar-refractivity contribution is 8.15. The molecule has 0 heterocycles. The summed E-state index contributed by atoms with van der Waals surface area (Å²) in [5.41, 5.74) is 2.05. The number of carbonyl (C=O) groups excluding carboxylic acids is 1. The molecule has 2 aromatic carbocycles. The molecule has 1 nitrogen and oxygen atoms in total. The van der Waals surface area contributed by atoms with Crippen molar-refractivity contribution in [2.75, 3.05) is 0 Å². The first-order chi connectivity index (χ1) is 9.48. The van der Waals surface area contributed by atoms with E-state index in [1.165, 1.54) is 17.3 Å². The fourth-order valence-electron chi connectivity index (χ4n) is 2.12. The van der Waals surface area contributed by atoms with Crippen LogP contribution in [0.4, 0.5) is 0 Å². The minimum atomic E-state index is -1.48. The van der Waals surface area contributed by atoms with Crippen molar-refractivity contribution < 1.29 is 4.79 Å². The van der Waals surface area contributed by atoms with Gasteiger partial charge in [0.1, 0.15) is 0 Å². The van der Waals surface area contributed by atoms with Gasteiger partial charge in [0, 0.05) is 10.4 Å². The Balaban J connectivity index is 2.24. The van der Waals surface area contributed by atoms with Gasteiger partial charge < -0.3 is 0 Å². The highest BCUT2D eigenvalue weighted by atomic mass is 32.2. The number of hydrogen-bond acceptors (Lipinski definition) is 2. The molecule has 1 unspecified atom stereocenters. The first kappa shape index (κ1) is 15.1. The second-order valence-corrected chi connectivity index (χ2v) is 12.7. The van der Waals surface area contributed by atoms with E-state index in [1.807, 2.05) is 36.4 Å². The van der Waals surface area contributed by atoms with Crippen LogP contribution in [0.15, 0.2) is 60.7 Å². The number of rotatable bonds is 4. The largest absolute Gasteiger partial charge is 0.282 e. The third-order valence-corrected chi connectivity index (χ3v) is 8.46. The van der Waals surface area contributed by atoms with Crippen molar-refractivity contribution in [1.29, 1.82) is 0 Å². The lowest BCUT2D eigenvalue weighted by Gasteiger charge is -2.28. The molecule has 0 aliphatic carbocycles. The predicted molar refractivity (Wildman–Crippen MR) is 90.9 cm³/mol. The van der Waals surface area contributed by atoms with Crippen molar-refractivity contribution in [3.63, 3.8) is 0 Å². The molecule has 0 amide bonds. The highest BCUT2D eigenvalue weighted by Gasteiger charge is 2.31. The maximum atomic E-state index is 12.5. The molecule has 0 fully saturated rings. The van der Waals surface area contributed by atoms with E-state index in [1.54, 1.807) is 0 Å². The molecule has 0 saturated heterocycles. The summed E-state index contributed by atoms with van der Waals surface area (Å²) in [6.45, 7) is 6.95. The van der Waals surface area contributed by atoms with Gasteiger partial charge in [-0.3, -0.25) is 4.79 Å². The molecular formula is C17H20OSSi. The van der Waals surface area contributed by atoms with Crippen molar-refractivity contribution in [3.8, 4) is 0 Å². The van der Waals surface area contributed by atoms with Gasteiger partial charge >= 0.3 is 0 Å². The molecule has 0 N–H and O–H groups in total. The Bertz CT molecular complexity index is 561. The van der Waals surface area contributed by atoms with E-state index in [0.717, 1.165) is 5.56 Å². The van der Waals surface area contributed by atoms with E-state index in [-0.39, 0.29) is 9.99 Å². The van der Waals surface area contributed by atoms with Gasteiger partial charge in [-0.05, 0) is 5.56 Å². The van der Waals surface area contributed by atoms with Crippen molar-refractivity contribution in [2.45, 2.75) is 24.5 Å². The van der Waals surface area contributed by atoms with Crippen LogP contribution in [0.2, 0.25) is 19.6 Å². The molecule has 0 aromatic heterocycles. The van der Waals surface area contributed by atoms with Crippen molar-refractivity contribution in [2.24, 2.45) is 0 Å². The van der Waals surface area contributed by atoms with Gasteiger partial charge in [0.2, 0.25) is 5.12 Å². The van der Waals surface area contributed by atoms with Crippen LogP contribution in [-0.2, 0) is 0 Å². The molecule has 1 atom stereocenters. The Morgan fingerprint density at radius 2 is 1.40 bits per heavy atom. The minimum absolute atomic E-state index is 0.168. The summed E-state index contributed by atoms with van der Waals surface area (Å²) in [5.74, 6) is 0. The molecule has 3 heteroatoms. The molecule has 104 valence electrons. The van der Waals surface area contributed by atoms with Crippen molar-refractivity contribution in [3.05, 3.63) is 71.8 Å². The first-order valence-electron chi connectivity index (χ1n) is 6.79. The third kappa shape index (κ3) is 3.84. The molecule has 0 aliphatic rings. The van der Waals surface area contributed by atoms with Crippen LogP contribution in [0, 0.1) is 0 Å². The number of benzene rings is 2. The second kappa shape index (κ2) is 6.42. The summed E-state index contributed by atoms with van der Waals surface area (Å²) in [5, 5.41) is 0.168. The summed E-state index contributed by atoms with van der Waals surface area (Å²) in [6.07, 6.45) is 0. The van der Waals surface area contributed by atoms with Gasteiger partial charge in [-0.15, -0.1) is 0 Å². The maximum absolute atomic E-state index is 12.5. The Morgan fingerprint density at radius 1 is 0.900 bits per heavy atom. The molecule has 0 saturated carbocycles.